The van der Waals surface area contributed by atoms with Crippen LogP contribution >= 0.6 is 0 Å². The van der Waals surface area contributed by atoms with Crippen LogP contribution in [0.2, 0.25) is 0 Å². The first-order valence-electron chi connectivity index (χ1n) is 9.65. The summed E-state index contributed by atoms with van der Waals surface area (Å²) in [6.45, 7) is 6.11. The highest BCUT2D eigenvalue weighted by Gasteiger charge is 2.56. The van der Waals surface area contributed by atoms with Gasteiger partial charge < -0.3 is 9.32 Å². The van der Waals surface area contributed by atoms with E-state index >= 15 is 0 Å². The molecule has 0 spiro atoms. The number of benzene rings is 1. The molecule has 2 heterocycles. The smallest absolute Gasteiger partial charge is 0.251 e. The number of hydrogen-bond donors (Lipinski definition) is 0. The minimum absolute atomic E-state index is 0.0375. The maximum atomic E-state index is 14.5. The van der Waals surface area contributed by atoms with E-state index in [1.165, 1.54) is 6.07 Å². The lowest BCUT2D eigenvalue weighted by Gasteiger charge is -2.40. The lowest BCUT2D eigenvalue weighted by atomic mass is 10.0. The van der Waals surface area contributed by atoms with Crippen molar-refractivity contribution < 1.29 is 17.6 Å². The monoisotopic (exact) mass is 405 g/mol. The minimum atomic E-state index is -2.65. The maximum absolute atomic E-state index is 14.5. The standard InChI is InChI=1S/C20H22F3N5O/c1-12-10-28(4-3-27(12)11-19-26-25-13(2)29-19)18-7-14(5-15-8-20(15,22)23)6-17(21)16(18)9-24/h6-7,12,15H,3-5,8,10-11H2,1-2H3/t12-,15?/m0/s1. The molecule has 154 valence electrons. The Morgan fingerprint density at radius 3 is 2.66 bits per heavy atom. The van der Waals surface area contributed by atoms with Crippen LogP contribution in [0.5, 0.6) is 0 Å². The van der Waals surface area contributed by atoms with Crippen molar-refractivity contribution in [1.82, 2.24) is 15.1 Å². The Bertz CT molecular complexity index is 954. The van der Waals surface area contributed by atoms with Crippen LogP contribution in [0.4, 0.5) is 18.9 Å². The van der Waals surface area contributed by atoms with Crippen LogP contribution in [-0.2, 0) is 13.0 Å². The number of halogens is 3. The van der Waals surface area contributed by atoms with E-state index in [4.69, 9.17) is 4.42 Å². The van der Waals surface area contributed by atoms with E-state index in [1.807, 2.05) is 17.9 Å². The van der Waals surface area contributed by atoms with E-state index in [2.05, 4.69) is 15.1 Å². The Labute approximate surface area is 166 Å². The van der Waals surface area contributed by atoms with Gasteiger partial charge in [-0.15, -0.1) is 10.2 Å². The third kappa shape index (κ3) is 4.08. The second-order valence-electron chi connectivity index (χ2n) is 7.93. The molecule has 0 radical (unpaired) electrons. The van der Waals surface area contributed by atoms with Gasteiger partial charge in [-0.2, -0.15) is 5.26 Å². The molecule has 1 saturated heterocycles. The zero-order valence-corrected chi connectivity index (χ0v) is 16.3. The summed E-state index contributed by atoms with van der Waals surface area (Å²) in [5.74, 6) is -2.99. The lowest BCUT2D eigenvalue weighted by Crippen LogP contribution is -2.51. The summed E-state index contributed by atoms with van der Waals surface area (Å²) in [5.41, 5.74) is 0.950. The van der Waals surface area contributed by atoms with E-state index < -0.39 is 17.7 Å². The molecule has 29 heavy (non-hydrogen) atoms. The van der Waals surface area contributed by atoms with Crippen LogP contribution in [0.15, 0.2) is 16.5 Å². The Morgan fingerprint density at radius 1 is 1.31 bits per heavy atom. The Hall–Kier alpha value is -2.60. The first-order chi connectivity index (χ1) is 13.8. The average Bonchev–Trinajstić information content (AvgIpc) is 3.05. The largest absolute Gasteiger partial charge is 0.424 e. The van der Waals surface area contributed by atoms with Crippen LogP contribution in [0, 0.1) is 30.0 Å². The predicted molar refractivity (Wildman–Crippen MR) is 99.0 cm³/mol. The van der Waals surface area contributed by atoms with Gasteiger partial charge in [-0.1, -0.05) is 0 Å². The normalized spacial score (nSPS) is 23.8. The average molecular weight is 405 g/mol. The van der Waals surface area contributed by atoms with E-state index in [0.717, 1.165) is 0 Å². The van der Waals surface area contributed by atoms with Crippen molar-refractivity contribution in [2.24, 2.45) is 5.92 Å². The van der Waals surface area contributed by atoms with E-state index in [1.54, 1.807) is 13.0 Å². The summed E-state index contributed by atoms with van der Waals surface area (Å²) in [7, 11) is 0. The van der Waals surface area contributed by atoms with E-state index in [9.17, 15) is 18.4 Å². The number of nitrogens with zero attached hydrogens (tertiary/aromatic N) is 5. The van der Waals surface area contributed by atoms with Crippen molar-refractivity contribution in [1.29, 1.82) is 5.26 Å². The lowest BCUT2D eigenvalue weighted by molar-refractivity contribution is 0.0989. The highest BCUT2D eigenvalue weighted by Crippen LogP contribution is 2.50. The zero-order chi connectivity index (χ0) is 20.8. The van der Waals surface area contributed by atoms with Gasteiger partial charge in [-0.25, -0.2) is 13.2 Å². The minimum Gasteiger partial charge on any atom is -0.424 e. The van der Waals surface area contributed by atoms with Crippen molar-refractivity contribution in [3.63, 3.8) is 0 Å². The third-order valence-corrected chi connectivity index (χ3v) is 5.69. The van der Waals surface area contributed by atoms with Gasteiger partial charge in [0.25, 0.3) is 5.92 Å². The Kier molecular flexibility index (Phi) is 4.99. The molecule has 1 unspecified atom stereocenters. The molecule has 1 aliphatic carbocycles. The Morgan fingerprint density at radius 2 is 2.07 bits per heavy atom. The second-order valence-corrected chi connectivity index (χ2v) is 7.93. The van der Waals surface area contributed by atoms with Crippen LogP contribution in [-0.4, -0.2) is 46.7 Å². The summed E-state index contributed by atoms with van der Waals surface area (Å²) < 4.78 is 46.5. The number of piperazine rings is 1. The van der Waals surface area contributed by atoms with Crippen molar-refractivity contribution in [3.05, 3.63) is 40.9 Å². The number of alkyl halides is 2. The quantitative estimate of drug-likeness (QED) is 0.760. The number of aromatic nitrogens is 2. The molecule has 2 aromatic rings. The summed E-state index contributed by atoms with van der Waals surface area (Å²) >= 11 is 0. The van der Waals surface area contributed by atoms with Crippen LogP contribution in [0.1, 0.15) is 36.3 Å². The Balaban J connectivity index is 1.50. The molecular formula is C20H22F3N5O. The maximum Gasteiger partial charge on any atom is 0.251 e. The number of aryl methyl sites for hydroxylation is 1. The molecule has 2 atom stereocenters. The molecule has 1 aromatic carbocycles. The van der Waals surface area contributed by atoms with Crippen molar-refractivity contribution in [2.45, 2.75) is 45.2 Å². The van der Waals surface area contributed by atoms with Gasteiger partial charge in [-0.05, 0) is 31.0 Å². The fourth-order valence-electron chi connectivity index (χ4n) is 3.92. The molecule has 1 aliphatic heterocycles. The highest BCUT2D eigenvalue weighted by molar-refractivity contribution is 5.62. The summed E-state index contributed by atoms with van der Waals surface area (Å²) in [6, 6.07) is 4.94. The van der Waals surface area contributed by atoms with Gasteiger partial charge in [0.2, 0.25) is 11.8 Å². The number of rotatable bonds is 5. The first-order valence-corrected chi connectivity index (χ1v) is 9.65. The molecule has 0 amide bonds. The van der Waals surface area contributed by atoms with Crippen molar-refractivity contribution >= 4 is 5.69 Å². The number of anilines is 1. The van der Waals surface area contributed by atoms with E-state index in [0.29, 0.717) is 49.2 Å². The molecule has 9 heteroatoms. The fourth-order valence-corrected chi connectivity index (χ4v) is 3.92. The summed E-state index contributed by atoms with van der Waals surface area (Å²) in [6.07, 6.45) is -0.0382. The van der Waals surface area contributed by atoms with E-state index in [-0.39, 0.29) is 24.4 Å². The van der Waals surface area contributed by atoms with Crippen molar-refractivity contribution in [3.8, 4) is 6.07 Å². The fraction of sp³-hybridized carbons (Fsp3) is 0.550. The third-order valence-electron chi connectivity index (χ3n) is 5.69. The molecule has 6 nitrogen and oxygen atoms in total. The highest BCUT2D eigenvalue weighted by atomic mass is 19.3. The van der Waals surface area contributed by atoms with Gasteiger partial charge >= 0.3 is 0 Å². The molecule has 1 saturated carbocycles. The number of nitriles is 1. The summed E-state index contributed by atoms with van der Waals surface area (Å²) in [4.78, 5) is 4.14. The first kappa shape index (κ1) is 19.7. The van der Waals surface area contributed by atoms with Gasteiger partial charge in [0, 0.05) is 44.9 Å². The molecule has 4 rings (SSSR count). The molecule has 1 aromatic heterocycles. The number of hydrogen-bond acceptors (Lipinski definition) is 6. The molecule has 2 fully saturated rings. The zero-order valence-electron chi connectivity index (χ0n) is 16.3. The SMILES string of the molecule is Cc1nnc(CN2CCN(c3cc(CC4CC4(F)F)cc(F)c3C#N)C[C@@H]2C)o1. The molecular weight excluding hydrogens is 383 g/mol. The van der Waals surface area contributed by atoms with Gasteiger partial charge in [0.1, 0.15) is 17.4 Å². The molecule has 0 bridgehead atoms. The predicted octanol–water partition coefficient (Wildman–Crippen LogP) is 3.30. The molecule has 2 aliphatic rings. The van der Waals surface area contributed by atoms with Gasteiger partial charge in [-0.3, -0.25) is 4.90 Å². The second kappa shape index (κ2) is 7.34. The van der Waals surface area contributed by atoms with Crippen LogP contribution in [0.3, 0.4) is 0 Å². The van der Waals surface area contributed by atoms with Crippen LogP contribution < -0.4 is 4.90 Å². The van der Waals surface area contributed by atoms with Gasteiger partial charge in [0.05, 0.1) is 12.2 Å². The van der Waals surface area contributed by atoms with Crippen LogP contribution in [0.25, 0.3) is 0 Å². The van der Waals surface area contributed by atoms with Gasteiger partial charge in [0.15, 0.2) is 0 Å². The molecule has 0 N–H and O–H groups in total. The summed E-state index contributed by atoms with van der Waals surface area (Å²) in [5, 5.41) is 17.3. The van der Waals surface area contributed by atoms with Crippen molar-refractivity contribution in [2.75, 3.05) is 24.5 Å². The topological polar surface area (TPSA) is 69.2 Å².